The number of sulfonamides is 1. The number of carbonyl (C=O) groups is 1. The molecule has 0 saturated heterocycles. The average Bonchev–Trinajstić information content (AvgIpc) is 2.60. The van der Waals surface area contributed by atoms with Gasteiger partial charge >= 0.3 is 0 Å². The van der Waals surface area contributed by atoms with Crippen molar-refractivity contribution < 1.29 is 13.2 Å². The second-order valence-electron chi connectivity index (χ2n) is 5.50. The lowest BCUT2D eigenvalue weighted by atomic mass is 9.93. The number of benzene rings is 1. The van der Waals surface area contributed by atoms with Crippen LogP contribution in [0.3, 0.4) is 0 Å². The van der Waals surface area contributed by atoms with Gasteiger partial charge in [-0.3, -0.25) is 4.79 Å². The minimum absolute atomic E-state index is 0.178. The Morgan fingerprint density at radius 3 is 2.00 bits per heavy atom. The Morgan fingerprint density at radius 2 is 1.62 bits per heavy atom. The Bertz CT molecular complexity index is 695. The van der Waals surface area contributed by atoms with E-state index in [1.54, 1.807) is 13.8 Å². The van der Waals surface area contributed by atoms with Crippen molar-refractivity contribution in [3.8, 4) is 12.3 Å². The molecule has 132 valence electrons. The SMILES string of the molecule is C#CC(CC)(CC)NC(=O)c1ccc(S(=O)(=O)N(CC)CC)cc1. The normalized spacial score (nSPS) is 12.0. The van der Waals surface area contributed by atoms with E-state index >= 15 is 0 Å². The van der Waals surface area contributed by atoms with Crippen molar-refractivity contribution in [2.24, 2.45) is 0 Å². The highest BCUT2D eigenvalue weighted by Gasteiger charge is 2.26. The van der Waals surface area contributed by atoms with E-state index in [1.807, 2.05) is 13.8 Å². The summed E-state index contributed by atoms with van der Waals surface area (Å²) in [7, 11) is -3.52. The van der Waals surface area contributed by atoms with Crippen LogP contribution in [-0.2, 0) is 10.0 Å². The maximum absolute atomic E-state index is 12.4. The second kappa shape index (κ2) is 8.32. The third-order valence-electron chi connectivity index (χ3n) is 4.30. The first-order chi connectivity index (χ1) is 11.3. The van der Waals surface area contributed by atoms with Gasteiger partial charge in [-0.05, 0) is 37.1 Å². The van der Waals surface area contributed by atoms with Crippen LogP contribution in [-0.4, -0.2) is 37.3 Å². The van der Waals surface area contributed by atoms with E-state index in [0.717, 1.165) is 0 Å². The number of amides is 1. The van der Waals surface area contributed by atoms with Gasteiger partial charge in [-0.1, -0.05) is 33.6 Å². The molecule has 0 atom stereocenters. The first-order valence-electron chi connectivity index (χ1n) is 8.20. The lowest BCUT2D eigenvalue weighted by molar-refractivity contribution is 0.0916. The van der Waals surface area contributed by atoms with Gasteiger partial charge in [-0.15, -0.1) is 6.42 Å². The molecule has 0 heterocycles. The van der Waals surface area contributed by atoms with Gasteiger partial charge in [0.25, 0.3) is 5.91 Å². The number of terminal acetylenes is 1. The fraction of sp³-hybridized carbons (Fsp3) is 0.500. The van der Waals surface area contributed by atoms with Crippen LogP contribution in [0.1, 0.15) is 50.9 Å². The molecule has 0 fully saturated rings. The summed E-state index contributed by atoms with van der Waals surface area (Å²) >= 11 is 0. The van der Waals surface area contributed by atoms with Crippen LogP contribution in [0.25, 0.3) is 0 Å². The summed E-state index contributed by atoms with van der Waals surface area (Å²) in [6, 6.07) is 5.94. The van der Waals surface area contributed by atoms with Crippen molar-refractivity contribution in [3.63, 3.8) is 0 Å². The molecule has 1 amide bonds. The fourth-order valence-corrected chi connectivity index (χ4v) is 3.91. The molecule has 1 N–H and O–H groups in total. The van der Waals surface area contributed by atoms with Crippen LogP contribution in [0.15, 0.2) is 29.2 Å². The van der Waals surface area contributed by atoms with Gasteiger partial charge in [0.15, 0.2) is 0 Å². The van der Waals surface area contributed by atoms with E-state index in [0.29, 0.717) is 31.5 Å². The summed E-state index contributed by atoms with van der Waals surface area (Å²) in [5.41, 5.74) is -0.293. The Kier molecular flexibility index (Phi) is 7.00. The zero-order valence-corrected chi connectivity index (χ0v) is 15.6. The maximum Gasteiger partial charge on any atom is 0.252 e. The predicted molar refractivity (Wildman–Crippen MR) is 96.2 cm³/mol. The monoisotopic (exact) mass is 350 g/mol. The maximum atomic E-state index is 12.4. The molecular weight excluding hydrogens is 324 g/mol. The van der Waals surface area contributed by atoms with Crippen molar-refractivity contribution in [3.05, 3.63) is 29.8 Å². The largest absolute Gasteiger partial charge is 0.336 e. The lowest BCUT2D eigenvalue weighted by Crippen LogP contribution is -2.46. The molecule has 1 rings (SSSR count). The smallest absolute Gasteiger partial charge is 0.252 e. The van der Waals surface area contributed by atoms with Crippen LogP contribution in [0.2, 0.25) is 0 Å². The highest BCUT2D eigenvalue weighted by Crippen LogP contribution is 2.18. The highest BCUT2D eigenvalue weighted by atomic mass is 32.2. The van der Waals surface area contributed by atoms with Gasteiger partial charge in [0.1, 0.15) is 5.54 Å². The predicted octanol–water partition coefficient (Wildman–Crippen LogP) is 2.64. The van der Waals surface area contributed by atoms with Crippen LogP contribution in [0.4, 0.5) is 0 Å². The van der Waals surface area contributed by atoms with E-state index in [4.69, 9.17) is 6.42 Å². The van der Waals surface area contributed by atoms with Gasteiger partial charge in [0.05, 0.1) is 4.90 Å². The molecule has 0 radical (unpaired) electrons. The first-order valence-corrected chi connectivity index (χ1v) is 9.64. The zero-order valence-electron chi connectivity index (χ0n) is 14.8. The van der Waals surface area contributed by atoms with Crippen LogP contribution >= 0.6 is 0 Å². The zero-order chi connectivity index (χ0) is 18.4. The third-order valence-corrected chi connectivity index (χ3v) is 6.36. The van der Waals surface area contributed by atoms with Crippen molar-refractivity contribution in [1.82, 2.24) is 9.62 Å². The molecule has 1 aromatic carbocycles. The van der Waals surface area contributed by atoms with Gasteiger partial charge in [-0.25, -0.2) is 8.42 Å². The van der Waals surface area contributed by atoms with Crippen molar-refractivity contribution >= 4 is 15.9 Å². The number of hydrogen-bond acceptors (Lipinski definition) is 3. The molecule has 0 spiro atoms. The van der Waals surface area contributed by atoms with E-state index in [1.165, 1.54) is 28.6 Å². The molecule has 0 aliphatic carbocycles. The topological polar surface area (TPSA) is 66.5 Å². The van der Waals surface area contributed by atoms with Crippen molar-refractivity contribution in [2.75, 3.05) is 13.1 Å². The fourth-order valence-electron chi connectivity index (χ4n) is 2.45. The number of hydrogen-bond donors (Lipinski definition) is 1. The molecule has 0 aromatic heterocycles. The molecule has 6 heteroatoms. The molecule has 0 saturated carbocycles. The van der Waals surface area contributed by atoms with E-state index < -0.39 is 15.6 Å². The van der Waals surface area contributed by atoms with E-state index in [9.17, 15) is 13.2 Å². The molecule has 0 aliphatic heterocycles. The Labute approximate surface area is 145 Å². The molecule has 24 heavy (non-hydrogen) atoms. The number of rotatable bonds is 8. The minimum atomic E-state index is -3.52. The summed E-state index contributed by atoms with van der Waals surface area (Å²) in [5.74, 6) is 2.34. The van der Waals surface area contributed by atoms with Gasteiger partial charge in [0, 0.05) is 18.7 Å². The number of nitrogens with zero attached hydrogens (tertiary/aromatic N) is 1. The third kappa shape index (κ3) is 4.16. The Hall–Kier alpha value is -1.84. The lowest BCUT2D eigenvalue weighted by Gasteiger charge is -2.27. The van der Waals surface area contributed by atoms with Crippen molar-refractivity contribution in [1.29, 1.82) is 0 Å². The van der Waals surface area contributed by atoms with Crippen LogP contribution < -0.4 is 5.32 Å². The molecule has 0 bridgehead atoms. The summed E-state index contributed by atoms with van der Waals surface area (Å²) < 4.78 is 26.3. The molecule has 0 unspecified atom stereocenters. The highest BCUT2D eigenvalue weighted by molar-refractivity contribution is 7.89. The van der Waals surface area contributed by atoms with Gasteiger partial charge in [-0.2, -0.15) is 4.31 Å². The first kappa shape index (κ1) is 20.2. The Balaban J connectivity index is 3.04. The molecule has 0 aliphatic rings. The van der Waals surface area contributed by atoms with Crippen molar-refractivity contribution in [2.45, 2.75) is 51.0 Å². The summed E-state index contributed by atoms with van der Waals surface area (Å²) in [6.45, 7) is 8.22. The summed E-state index contributed by atoms with van der Waals surface area (Å²) in [4.78, 5) is 12.6. The Morgan fingerprint density at radius 1 is 1.12 bits per heavy atom. The number of carbonyl (C=O) groups excluding carboxylic acids is 1. The quantitative estimate of drug-likeness (QED) is 0.733. The second-order valence-corrected chi connectivity index (χ2v) is 7.44. The summed E-state index contributed by atoms with van der Waals surface area (Å²) in [5, 5.41) is 2.86. The summed E-state index contributed by atoms with van der Waals surface area (Å²) in [6.07, 6.45) is 6.80. The number of nitrogens with one attached hydrogen (secondary N) is 1. The average molecular weight is 350 g/mol. The van der Waals surface area contributed by atoms with Crippen LogP contribution in [0.5, 0.6) is 0 Å². The standard InChI is InChI=1S/C18H26N2O3S/c1-6-18(7-2,8-3)19-17(21)15-11-13-16(14-12-15)24(22,23)20(9-4)10-5/h1,11-14H,7-10H2,2-5H3,(H,19,21). The van der Waals surface area contributed by atoms with Crippen LogP contribution in [0, 0.1) is 12.3 Å². The van der Waals surface area contributed by atoms with E-state index in [2.05, 4.69) is 11.2 Å². The minimum Gasteiger partial charge on any atom is -0.336 e. The van der Waals surface area contributed by atoms with E-state index in [-0.39, 0.29) is 10.8 Å². The van der Waals surface area contributed by atoms with Gasteiger partial charge < -0.3 is 5.32 Å². The molecule has 5 nitrogen and oxygen atoms in total. The molecule has 1 aromatic rings. The van der Waals surface area contributed by atoms with Gasteiger partial charge in [0.2, 0.25) is 10.0 Å². The molecular formula is C18H26N2O3S.